The molecule has 0 saturated carbocycles. The van der Waals surface area contributed by atoms with Crippen molar-refractivity contribution in [2.24, 2.45) is 0 Å². The minimum atomic E-state index is -0.497. The number of methoxy groups -OCH3 is 3. The molecule has 0 fully saturated rings. The van der Waals surface area contributed by atoms with Gasteiger partial charge in [0.05, 0.1) is 21.3 Å². The van der Waals surface area contributed by atoms with E-state index in [4.69, 9.17) is 14.2 Å². The van der Waals surface area contributed by atoms with Crippen LogP contribution in [0.2, 0.25) is 0 Å². The van der Waals surface area contributed by atoms with Crippen molar-refractivity contribution >= 4 is 17.7 Å². The van der Waals surface area contributed by atoms with Gasteiger partial charge in [0, 0.05) is 11.3 Å². The van der Waals surface area contributed by atoms with Gasteiger partial charge in [0.25, 0.3) is 5.91 Å². The zero-order valence-electron chi connectivity index (χ0n) is 16.0. The fraction of sp³-hybridized carbons (Fsp3) is 0.238. The SMILES string of the molecule is COc1ccc(/C=C(\C#N)C(=O)Nc2cccc(C)c2C)c(OC)c1OC. The highest BCUT2D eigenvalue weighted by Gasteiger charge is 2.17. The second-order valence-electron chi connectivity index (χ2n) is 5.79. The predicted molar refractivity (Wildman–Crippen MR) is 104 cm³/mol. The summed E-state index contributed by atoms with van der Waals surface area (Å²) in [5.41, 5.74) is 3.15. The molecule has 6 nitrogen and oxygen atoms in total. The number of nitrogens with zero attached hydrogens (tertiary/aromatic N) is 1. The number of hydrogen-bond donors (Lipinski definition) is 1. The number of rotatable bonds is 6. The van der Waals surface area contributed by atoms with Crippen molar-refractivity contribution in [1.29, 1.82) is 5.26 Å². The summed E-state index contributed by atoms with van der Waals surface area (Å²) in [6.07, 6.45) is 1.46. The lowest BCUT2D eigenvalue weighted by Crippen LogP contribution is -2.14. The van der Waals surface area contributed by atoms with E-state index >= 15 is 0 Å². The van der Waals surface area contributed by atoms with Crippen LogP contribution in [0.25, 0.3) is 6.08 Å². The lowest BCUT2D eigenvalue weighted by Gasteiger charge is -2.14. The molecule has 0 aliphatic rings. The summed E-state index contributed by atoms with van der Waals surface area (Å²) in [5.74, 6) is 0.762. The first-order valence-corrected chi connectivity index (χ1v) is 8.25. The number of carbonyl (C=O) groups is 1. The van der Waals surface area contributed by atoms with Gasteiger partial charge < -0.3 is 19.5 Å². The molecule has 0 bridgehead atoms. The number of amides is 1. The van der Waals surface area contributed by atoms with Crippen molar-refractivity contribution in [3.05, 3.63) is 52.6 Å². The maximum absolute atomic E-state index is 12.6. The Balaban J connectivity index is 2.42. The van der Waals surface area contributed by atoms with Crippen LogP contribution in [-0.2, 0) is 4.79 Å². The summed E-state index contributed by atoms with van der Waals surface area (Å²) in [5, 5.41) is 12.3. The van der Waals surface area contributed by atoms with E-state index in [1.165, 1.54) is 27.4 Å². The molecule has 0 radical (unpaired) electrons. The Labute approximate surface area is 159 Å². The highest BCUT2D eigenvalue weighted by Crippen LogP contribution is 2.40. The zero-order chi connectivity index (χ0) is 20.0. The van der Waals surface area contributed by atoms with Crippen LogP contribution in [0, 0.1) is 25.2 Å². The quantitative estimate of drug-likeness (QED) is 0.620. The van der Waals surface area contributed by atoms with E-state index in [0.717, 1.165) is 11.1 Å². The summed E-state index contributed by atoms with van der Waals surface area (Å²) < 4.78 is 16.0. The standard InChI is InChI=1S/C21H22N2O4/c1-13-7-6-8-17(14(13)2)23-21(24)16(12-22)11-15-9-10-18(25-3)20(27-5)19(15)26-4/h6-11H,1-5H3,(H,23,24)/b16-11+. The number of nitriles is 1. The van der Waals surface area contributed by atoms with E-state index in [1.54, 1.807) is 18.2 Å². The smallest absolute Gasteiger partial charge is 0.266 e. The molecule has 0 saturated heterocycles. The van der Waals surface area contributed by atoms with E-state index < -0.39 is 5.91 Å². The van der Waals surface area contributed by atoms with Crippen molar-refractivity contribution in [3.8, 4) is 23.3 Å². The van der Waals surface area contributed by atoms with Crippen LogP contribution in [0.1, 0.15) is 16.7 Å². The normalized spacial score (nSPS) is 10.7. The molecule has 2 aromatic carbocycles. The van der Waals surface area contributed by atoms with Crippen LogP contribution in [-0.4, -0.2) is 27.2 Å². The van der Waals surface area contributed by atoms with Crippen LogP contribution >= 0.6 is 0 Å². The lowest BCUT2D eigenvalue weighted by molar-refractivity contribution is -0.112. The van der Waals surface area contributed by atoms with E-state index in [1.807, 2.05) is 32.0 Å². The molecule has 0 aromatic heterocycles. The molecule has 1 N–H and O–H groups in total. The molecule has 6 heteroatoms. The summed E-state index contributed by atoms with van der Waals surface area (Å²) in [7, 11) is 4.49. The molecule has 2 aromatic rings. The van der Waals surface area contributed by atoms with Gasteiger partial charge in [-0.3, -0.25) is 4.79 Å². The molecular weight excluding hydrogens is 344 g/mol. The van der Waals surface area contributed by atoms with Crippen molar-refractivity contribution in [2.45, 2.75) is 13.8 Å². The fourth-order valence-electron chi connectivity index (χ4n) is 2.62. The van der Waals surface area contributed by atoms with E-state index in [9.17, 15) is 10.1 Å². The van der Waals surface area contributed by atoms with Crippen LogP contribution in [0.5, 0.6) is 17.2 Å². The van der Waals surface area contributed by atoms with Gasteiger partial charge in [-0.25, -0.2) is 0 Å². The Kier molecular flexibility index (Phi) is 6.45. The molecule has 2 rings (SSSR count). The molecular formula is C21H22N2O4. The number of benzene rings is 2. The summed E-state index contributed by atoms with van der Waals surface area (Å²) in [6, 6.07) is 10.9. The van der Waals surface area contributed by atoms with Crippen LogP contribution in [0.15, 0.2) is 35.9 Å². The van der Waals surface area contributed by atoms with E-state index in [0.29, 0.717) is 28.5 Å². The topological polar surface area (TPSA) is 80.6 Å². The Hall–Kier alpha value is -3.46. The average Bonchev–Trinajstić information content (AvgIpc) is 2.68. The highest BCUT2D eigenvalue weighted by atomic mass is 16.5. The second-order valence-corrected chi connectivity index (χ2v) is 5.79. The maximum Gasteiger partial charge on any atom is 0.266 e. The summed E-state index contributed by atoms with van der Waals surface area (Å²) in [6.45, 7) is 3.87. The average molecular weight is 366 g/mol. The summed E-state index contributed by atoms with van der Waals surface area (Å²) >= 11 is 0. The number of hydrogen-bond acceptors (Lipinski definition) is 5. The number of ether oxygens (including phenoxy) is 3. The van der Waals surface area contributed by atoms with Gasteiger partial charge in [0.1, 0.15) is 11.6 Å². The van der Waals surface area contributed by atoms with Gasteiger partial charge in [-0.2, -0.15) is 5.26 Å². The Bertz CT molecular complexity index is 927. The van der Waals surface area contributed by atoms with Crippen molar-refractivity contribution in [3.63, 3.8) is 0 Å². The molecule has 0 aliphatic carbocycles. The van der Waals surface area contributed by atoms with Crippen molar-refractivity contribution in [1.82, 2.24) is 0 Å². The molecule has 140 valence electrons. The van der Waals surface area contributed by atoms with Gasteiger partial charge in [-0.05, 0) is 49.2 Å². The third-order valence-corrected chi connectivity index (χ3v) is 4.25. The van der Waals surface area contributed by atoms with Gasteiger partial charge >= 0.3 is 0 Å². The minimum Gasteiger partial charge on any atom is -0.493 e. The number of nitrogens with one attached hydrogen (secondary N) is 1. The van der Waals surface area contributed by atoms with Crippen LogP contribution < -0.4 is 19.5 Å². The lowest BCUT2D eigenvalue weighted by atomic mass is 10.1. The number of carbonyl (C=O) groups excluding carboxylic acids is 1. The molecule has 0 spiro atoms. The summed E-state index contributed by atoms with van der Waals surface area (Å²) in [4.78, 5) is 12.6. The van der Waals surface area contributed by atoms with E-state index in [-0.39, 0.29) is 5.57 Å². The Morgan fingerprint density at radius 3 is 2.33 bits per heavy atom. The molecule has 0 aliphatic heterocycles. The Morgan fingerprint density at radius 2 is 1.74 bits per heavy atom. The van der Waals surface area contributed by atoms with Crippen LogP contribution in [0.3, 0.4) is 0 Å². The molecule has 0 unspecified atom stereocenters. The molecule has 27 heavy (non-hydrogen) atoms. The predicted octanol–water partition coefficient (Wildman–Crippen LogP) is 3.87. The monoisotopic (exact) mass is 366 g/mol. The largest absolute Gasteiger partial charge is 0.493 e. The maximum atomic E-state index is 12.6. The van der Waals surface area contributed by atoms with E-state index in [2.05, 4.69) is 5.32 Å². The molecule has 1 amide bonds. The number of anilines is 1. The van der Waals surface area contributed by atoms with Gasteiger partial charge in [0.2, 0.25) is 5.75 Å². The first-order chi connectivity index (χ1) is 13.0. The fourth-order valence-corrected chi connectivity index (χ4v) is 2.62. The third-order valence-electron chi connectivity index (χ3n) is 4.25. The third kappa shape index (κ3) is 4.21. The molecule has 0 atom stereocenters. The highest BCUT2D eigenvalue weighted by molar-refractivity contribution is 6.10. The van der Waals surface area contributed by atoms with Gasteiger partial charge in [-0.1, -0.05) is 12.1 Å². The second kappa shape index (κ2) is 8.77. The van der Waals surface area contributed by atoms with Gasteiger partial charge in [0.15, 0.2) is 11.5 Å². The zero-order valence-corrected chi connectivity index (χ0v) is 16.0. The van der Waals surface area contributed by atoms with Crippen molar-refractivity contribution < 1.29 is 19.0 Å². The Morgan fingerprint density at radius 1 is 1.04 bits per heavy atom. The minimum absolute atomic E-state index is 0.0542. The molecule has 0 heterocycles. The first-order valence-electron chi connectivity index (χ1n) is 8.25. The van der Waals surface area contributed by atoms with Gasteiger partial charge in [-0.15, -0.1) is 0 Å². The first kappa shape index (κ1) is 19.9. The van der Waals surface area contributed by atoms with Crippen molar-refractivity contribution in [2.75, 3.05) is 26.6 Å². The van der Waals surface area contributed by atoms with Crippen LogP contribution in [0.4, 0.5) is 5.69 Å². The number of aryl methyl sites for hydroxylation is 1.